The third-order valence-electron chi connectivity index (χ3n) is 2.17. The van der Waals surface area contributed by atoms with Crippen molar-refractivity contribution in [3.05, 3.63) is 21.9 Å². The first kappa shape index (κ1) is 13.0. The van der Waals surface area contributed by atoms with E-state index >= 15 is 0 Å². The summed E-state index contributed by atoms with van der Waals surface area (Å²) in [7, 11) is 2.15. The van der Waals surface area contributed by atoms with E-state index < -0.39 is 0 Å². The van der Waals surface area contributed by atoms with E-state index in [0.717, 1.165) is 24.6 Å². The summed E-state index contributed by atoms with van der Waals surface area (Å²) in [5, 5.41) is 0. The molecule has 0 aromatic carbocycles. The molecule has 0 bridgehead atoms. The van der Waals surface area contributed by atoms with Crippen LogP contribution in [0.5, 0.6) is 0 Å². The van der Waals surface area contributed by atoms with Gasteiger partial charge >= 0.3 is 0 Å². The molecule has 15 heavy (non-hydrogen) atoms. The Balaban J connectivity index is 2.35. The lowest BCUT2D eigenvalue weighted by Crippen LogP contribution is -2.15. The van der Waals surface area contributed by atoms with Crippen LogP contribution in [0.1, 0.15) is 16.7 Å². The second-order valence-corrected chi connectivity index (χ2v) is 5.86. The van der Waals surface area contributed by atoms with E-state index in [-0.39, 0.29) is 0 Å². The maximum Gasteiger partial charge on any atom is 0.0324 e. The summed E-state index contributed by atoms with van der Waals surface area (Å²) in [4.78, 5) is 5.20. The van der Waals surface area contributed by atoms with Crippen LogP contribution in [0.4, 0.5) is 0 Å². The van der Waals surface area contributed by atoms with Gasteiger partial charge in [-0.15, -0.1) is 11.3 Å². The van der Waals surface area contributed by atoms with Gasteiger partial charge in [-0.25, -0.2) is 0 Å². The molecule has 4 heteroatoms. The molecule has 0 saturated heterocycles. The van der Waals surface area contributed by atoms with Crippen molar-refractivity contribution in [1.82, 2.24) is 10.6 Å². The lowest BCUT2D eigenvalue weighted by atomic mass is 10.4. The smallest absolute Gasteiger partial charge is 0.0324 e. The van der Waals surface area contributed by atoms with Gasteiger partial charge in [0.05, 0.1) is 0 Å². The van der Waals surface area contributed by atoms with Crippen LogP contribution in [0.25, 0.3) is 0 Å². The molecule has 2 nitrogen and oxygen atoms in total. The van der Waals surface area contributed by atoms with E-state index in [1.807, 2.05) is 23.1 Å². The Hall–Kier alpha value is -0.0300. The maximum atomic E-state index is 7.07. The van der Waals surface area contributed by atoms with Crippen LogP contribution in [-0.2, 0) is 12.3 Å². The second kappa shape index (κ2) is 7.28. The Morgan fingerprint density at radius 1 is 1.40 bits per heavy atom. The van der Waals surface area contributed by atoms with Gasteiger partial charge in [0.1, 0.15) is 0 Å². The molecule has 1 heterocycles. The molecule has 85 valence electrons. The molecule has 1 rings (SSSR count). The number of nitrogens with zero attached hydrogens (tertiary/aromatic N) is 1. The minimum atomic E-state index is 0.529. The zero-order valence-electron chi connectivity index (χ0n) is 9.45. The predicted molar refractivity (Wildman–Crippen MR) is 70.5 cm³/mol. The van der Waals surface area contributed by atoms with Gasteiger partial charge in [-0.1, -0.05) is 6.92 Å². The van der Waals surface area contributed by atoms with Gasteiger partial charge in [0.15, 0.2) is 0 Å². The molecular weight excluding hydrogens is 224 g/mol. The molecule has 0 fully saturated rings. The Bertz CT molecular complexity index is 273. The van der Waals surface area contributed by atoms with E-state index in [4.69, 9.17) is 5.73 Å². The molecule has 0 aliphatic carbocycles. The highest BCUT2D eigenvalue weighted by Crippen LogP contribution is 2.22. The molecule has 1 aromatic rings. The second-order valence-electron chi connectivity index (χ2n) is 3.50. The fraction of sp³-hybridized carbons (Fsp3) is 0.636. The molecule has 0 spiro atoms. The standard InChI is InChI=1S/C11H19N2S2/c1-3-13(2)8-10-4-5-11(15-10)9-14-7-6-12/h4-5,12H,3,6-9H2,1-2H3. The van der Waals surface area contributed by atoms with Crippen molar-refractivity contribution in [3.63, 3.8) is 0 Å². The van der Waals surface area contributed by atoms with Crippen molar-refractivity contribution in [2.75, 3.05) is 25.9 Å². The van der Waals surface area contributed by atoms with Crippen molar-refractivity contribution >= 4 is 23.1 Å². The highest BCUT2D eigenvalue weighted by Gasteiger charge is 2.02. The van der Waals surface area contributed by atoms with Crippen LogP contribution >= 0.6 is 23.1 Å². The Labute approximate surface area is 101 Å². The Morgan fingerprint density at radius 3 is 2.80 bits per heavy atom. The minimum absolute atomic E-state index is 0.529. The van der Waals surface area contributed by atoms with Gasteiger partial charge < -0.3 is 4.90 Å². The van der Waals surface area contributed by atoms with E-state index in [2.05, 4.69) is 31.0 Å². The van der Waals surface area contributed by atoms with Crippen LogP contribution < -0.4 is 5.73 Å². The predicted octanol–water partition coefficient (Wildman–Crippen LogP) is 2.72. The van der Waals surface area contributed by atoms with Gasteiger partial charge in [0, 0.05) is 34.3 Å². The van der Waals surface area contributed by atoms with Crippen molar-refractivity contribution in [1.29, 1.82) is 0 Å². The van der Waals surface area contributed by atoms with Gasteiger partial charge in [-0.3, -0.25) is 5.73 Å². The van der Waals surface area contributed by atoms with Crippen LogP contribution in [0.2, 0.25) is 0 Å². The molecular formula is C11H19N2S2. The largest absolute Gasteiger partial charge is 0.302 e. The molecule has 0 aliphatic rings. The lowest BCUT2D eigenvalue weighted by Gasteiger charge is -2.11. The van der Waals surface area contributed by atoms with Crippen LogP contribution in [0, 0.1) is 0 Å². The van der Waals surface area contributed by atoms with Crippen LogP contribution in [0.15, 0.2) is 12.1 Å². The van der Waals surface area contributed by atoms with Crippen molar-refractivity contribution in [2.24, 2.45) is 0 Å². The van der Waals surface area contributed by atoms with Crippen LogP contribution in [0.3, 0.4) is 0 Å². The highest BCUT2D eigenvalue weighted by atomic mass is 32.2. The number of hydrogen-bond acceptors (Lipinski definition) is 3. The average Bonchev–Trinajstić information content (AvgIpc) is 2.66. The van der Waals surface area contributed by atoms with E-state index in [9.17, 15) is 0 Å². The minimum Gasteiger partial charge on any atom is -0.302 e. The summed E-state index contributed by atoms with van der Waals surface area (Å²) in [5.74, 6) is 2.02. The highest BCUT2D eigenvalue weighted by molar-refractivity contribution is 7.98. The number of thiophene rings is 1. The summed E-state index contributed by atoms with van der Waals surface area (Å²) >= 11 is 3.76. The molecule has 1 aromatic heterocycles. The third kappa shape index (κ3) is 5.02. The average molecular weight is 243 g/mol. The van der Waals surface area contributed by atoms with Crippen LogP contribution in [-0.4, -0.2) is 30.8 Å². The van der Waals surface area contributed by atoms with Gasteiger partial charge in [-0.05, 0) is 25.7 Å². The fourth-order valence-electron chi connectivity index (χ4n) is 1.21. The molecule has 0 saturated carbocycles. The van der Waals surface area contributed by atoms with Crippen molar-refractivity contribution < 1.29 is 0 Å². The number of hydrogen-bond donors (Lipinski definition) is 0. The number of nitrogens with one attached hydrogen (secondary N) is 1. The Morgan fingerprint density at radius 2 is 2.13 bits per heavy atom. The topological polar surface area (TPSA) is 27.0 Å². The van der Waals surface area contributed by atoms with E-state index in [0.29, 0.717) is 6.54 Å². The van der Waals surface area contributed by atoms with Gasteiger partial charge in [0.2, 0.25) is 0 Å². The summed E-state index contributed by atoms with van der Waals surface area (Å²) in [5.41, 5.74) is 7.07. The van der Waals surface area contributed by atoms with Crippen molar-refractivity contribution in [2.45, 2.75) is 19.2 Å². The van der Waals surface area contributed by atoms with E-state index in [1.54, 1.807) is 0 Å². The Kier molecular flexibility index (Phi) is 6.32. The molecule has 0 unspecified atom stereocenters. The quantitative estimate of drug-likeness (QED) is 0.689. The van der Waals surface area contributed by atoms with E-state index in [1.165, 1.54) is 9.75 Å². The first-order chi connectivity index (χ1) is 7.26. The molecule has 0 atom stereocenters. The first-order valence-corrected chi connectivity index (χ1v) is 7.21. The van der Waals surface area contributed by atoms with Gasteiger partial charge in [-0.2, -0.15) is 11.8 Å². The monoisotopic (exact) mass is 243 g/mol. The molecule has 0 aliphatic heterocycles. The SMILES string of the molecule is CCN(C)Cc1ccc(CSCC[NH])s1. The van der Waals surface area contributed by atoms with Crippen molar-refractivity contribution in [3.8, 4) is 0 Å². The molecule has 1 N–H and O–H groups in total. The third-order valence-corrected chi connectivity index (χ3v) is 4.43. The maximum absolute atomic E-state index is 7.07. The normalized spacial score (nSPS) is 11.2. The summed E-state index contributed by atoms with van der Waals surface area (Å²) in [6, 6.07) is 4.45. The summed E-state index contributed by atoms with van der Waals surface area (Å²) in [6.07, 6.45) is 0. The lowest BCUT2D eigenvalue weighted by molar-refractivity contribution is 0.349. The zero-order chi connectivity index (χ0) is 11.1. The fourth-order valence-corrected chi connectivity index (χ4v) is 3.17. The molecule has 0 amide bonds. The summed E-state index contributed by atoms with van der Waals surface area (Å²) in [6.45, 7) is 4.87. The molecule has 1 radical (unpaired) electrons. The first-order valence-electron chi connectivity index (χ1n) is 5.24. The zero-order valence-corrected chi connectivity index (χ0v) is 11.1. The van der Waals surface area contributed by atoms with Gasteiger partial charge in [0.25, 0.3) is 0 Å². The summed E-state index contributed by atoms with van der Waals surface area (Å²) < 4.78 is 0. The number of rotatable bonds is 7. The number of thioether (sulfide) groups is 1.